The highest BCUT2D eigenvalue weighted by atomic mass is 16.4. The van der Waals surface area contributed by atoms with Crippen molar-refractivity contribution >= 4 is 5.97 Å². The lowest BCUT2D eigenvalue weighted by Gasteiger charge is -2.30. The molecule has 0 saturated carbocycles. The van der Waals surface area contributed by atoms with Crippen molar-refractivity contribution in [3.63, 3.8) is 0 Å². The molecule has 2 aromatic carbocycles. The number of carboxylic acids is 1. The molecular formula is C18H17NO2. The summed E-state index contributed by atoms with van der Waals surface area (Å²) in [6.45, 7) is 0. The van der Waals surface area contributed by atoms with Crippen LogP contribution >= 0.6 is 0 Å². The lowest BCUT2D eigenvalue weighted by atomic mass is 9.89. The Balaban J connectivity index is 1.94. The summed E-state index contributed by atoms with van der Waals surface area (Å²) in [5, 5.41) is 12.9. The van der Waals surface area contributed by atoms with Gasteiger partial charge in [-0.3, -0.25) is 5.32 Å². The summed E-state index contributed by atoms with van der Waals surface area (Å²) in [6.07, 6.45) is 2.53. The Morgan fingerprint density at radius 3 is 2.10 bits per heavy atom. The Hall–Kier alpha value is -2.39. The maximum absolute atomic E-state index is 11.5. The highest BCUT2D eigenvalue weighted by molar-refractivity contribution is 5.88. The molecule has 2 unspecified atom stereocenters. The van der Waals surface area contributed by atoms with Gasteiger partial charge in [0, 0.05) is 6.04 Å². The highest BCUT2D eigenvalue weighted by Gasteiger charge is 2.29. The van der Waals surface area contributed by atoms with E-state index in [0.717, 1.165) is 5.56 Å². The van der Waals surface area contributed by atoms with E-state index in [4.69, 9.17) is 0 Å². The molecule has 2 N–H and O–H groups in total. The van der Waals surface area contributed by atoms with Crippen LogP contribution in [-0.2, 0) is 4.79 Å². The predicted octanol–water partition coefficient (Wildman–Crippen LogP) is 3.47. The predicted molar refractivity (Wildman–Crippen MR) is 81.8 cm³/mol. The van der Waals surface area contributed by atoms with Crippen molar-refractivity contribution < 1.29 is 9.90 Å². The number of carboxylic acid groups (broad SMARTS) is 1. The van der Waals surface area contributed by atoms with E-state index in [9.17, 15) is 9.90 Å². The lowest BCUT2D eigenvalue weighted by Crippen LogP contribution is -2.33. The van der Waals surface area contributed by atoms with Gasteiger partial charge in [-0.2, -0.15) is 0 Å². The van der Waals surface area contributed by atoms with Crippen LogP contribution in [-0.4, -0.2) is 11.1 Å². The first-order valence-corrected chi connectivity index (χ1v) is 7.05. The number of rotatable bonds is 3. The smallest absolute Gasteiger partial charge is 0.333 e. The van der Waals surface area contributed by atoms with Crippen LogP contribution in [0, 0.1) is 0 Å². The number of benzene rings is 2. The fourth-order valence-corrected chi connectivity index (χ4v) is 2.77. The van der Waals surface area contributed by atoms with E-state index in [2.05, 4.69) is 17.4 Å². The Morgan fingerprint density at radius 2 is 1.52 bits per heavy atom. The van der Waals surface area contributed by atoms with Gasteiger partial charge in [-0.1, -0.05) is 66.7 Å². The van der Waals surface area contributed by atoms with E-state index >= 15 is 0 Å². The fourth-order valence-electron chi connectivity index (χ4n) is 2.77. The van der Waals surface area contributed by atoms with Crippen LogP contribution in [0.15, 0.2) is 72.3 Å². The second kappa shape index (κ2) is 5.94. The molecule has 0 aromatic heterocycles. The first kappa shape index (κ1) is 13.6. The van der Waals surface area contributed by atoms with E-state index in [1.54, 1.807) is 0 Å². The summed E-state index contributed by atoms with van der Waals surface area (Å²) in [7, 11) is 0. The molecule has 0 amide bonds. The monoisotopic (exact) mass is 279 g/mol. The Kier molecular flexibility index (Phi) is 3.84. The zero-order valence-electron chi connectivity index (χ0n) is 11.6. The molecule has 2 atom stereocenters. The van der Waals surface area contributed by atoms with Gasteiger partial charge in [0.05, 0.1) is 11.6 Å². The van der Waals surface area contributed by atoms with Crippen molar-refractivity contribution in [2.75, 3.05) is 0 Å². The Bertz CT molecular complexity index is 649. The van der Waals surface area contributed by atoms with Gasteiger partial charge in [0.15, 0.2) is 0 Å². The van der Waals surface area contributed by atoms with Gasteiger partial charge in [-0.05, 0) is 17.5 Å². The number of hydrogen-bond donors (Lipinski definition) is 2. The van der Waals surface area contributed by atoms with Crippen molar-refractivity contribution in [3.8, 4) is 0 Å². The van der Waals surface area contributed by atoms with Crippen LogP contribution in [0.1, 0.15) is 29.6 Å². The minimum atomic E-state index is -0.858. The highest BCUT2D eigenvalue weighted by Crippen LogP contribution is 2.32. The van der Waals surface area contributed by atoms with Gasteiger partial charge in [-0.15, -0.1) is 0 Å². The van der Waals surface area contributed by atoms with Crippen LogP contribution in [0.5, 0.6) is 0 Å². The summed E-state index contributed by atoms with van der Waals surface area (Å²) in [5.74, 6) is -0.858. The molecule has 2 aromatic rings. The molecule has 1 aliphatic rings. The minimum Gasteiger partial charge on any atom is -0.478 e. The second-order valence-electron chi connectivity index (χ2n) is 5.17. The van der Waals surface area contributed by atoms with Crippen molar-refractivity contribution in [2.45, 2.75) is 18.5 Å². The third kappa shape index (κ3) is 2.88. The number of nitrogens with one attached hydrogen (secondary N) is 1. The van der Waals surface area contributed by atoms with Crippen LogP contribution in [0.4, 0.5) is 0 Å². The second-order valence-corrected chi connectivity index (χ2v) is 5.17. The van der Waals surface area contributed by atoms with E-state index in [0.29, 0.717) is 12.0 Å². The molecule has 106 valence electrons. The maximum Gasteiger partial charge on any atom is 0.333 e. The van der Waals surface area contributed by atoms with Gasteiger partial charge in [0.1, 0.15) is 0 Å². The molecule has 3 nitrogen and oxygen atoms in total. The quantitative estimate of drug-likeness (QED) is 0.904. The third-order valence-electron chi connectivity index (χ3n) is 3.83. The van der Waals surface area contributed by atoms with Crippen molar-refractivity contribution in [2.24, 2.45) is 0 Å². The summed E-state index contributed by atoms with van der Waals surface area (Å²) < 4.78 is 0. The average Bonchev–Trinajstić information content (AvgIpc) is 2.56. The van der Waals surface area contributed by atoms with E-state index < -0.39 is 5.97 Å². The van der Waals surface area contributed by atoms with Crippen LogP contribution in [0.25, 0.3) is 0 Å². The van der Waals surface area contributed by atoms with E-state index in [-0.39, 0.29) is 12.1 Å². The summed E-state index contributed by atoms with van der Waals surface area (Å²) in [6, 6.07) is 19.7. The molecule has 0 fully saturated rings. The van der Waals surface area contributed by atoms with E-state index in [1.807, 2.05) is 54.6 Å². The molecule has 3 rings (SSSR count). The van der Waals surface area contributed by atoms with Crippen molar-refractivity contribution in [1.29, 1.82) is 0 Å². The third-order valence-corrected chi connectivity index (χ3v) is 3.83. The van der Waals surface area contributed by atoms with Crippen LogP contribution in [0.2, 0.25) is 0 Å². The number of aliphatic carboxylic acids is 1. The van der Waals surface area contributed by atoms with Gasteiger partial charge in [0.2, 0.25) is 0 Å². The van der Waals surface area contributed by atoms with E-state index in [1.165, 1.54) is 5.56 Å². The molecular weight excluding hydrogens is 262 g/mol. The topological polar surface area (TPSA) is 49.3 Å². The lowest BCUT2D eigenvalue weighted by molar-refractivity contribution is -0.133. The molecule has 1 heterocycles. The van der Waals surface area contributed by atoms with Gasteiger partial charge < -0.3 is 5.11 Å². The molecule has 3 heteroatoms. The molecule has 1 aliphatic heterocycles. The van der Waals surface area contributed by atoms with Gasteiger partial charge in [-0.25, -0.2) is 4.79 Å². The number of carbonyl (C=O) groups is 1. The molecule has 0 spiro atoms. The largest absolute Gasteiger partial charge is 0.478 e. The van der Waals surface area contributed by atoms with Gasteiger partial charge in [0.25, 0.3) is 0 Å². The zero-order valence-corrected chi connectivity index (χ0v) is 11.6. The van der Waals surface area contributed by atoms with Gasteiger partial charge >= 0.3 is 5.97 Å². The molecule has 0 bridgehead atoms. The molecule has 21 heavy (non-hydrogen) atoms. The Labute approximate surface area is 123 Å². The normalized spacial score (nSPS) is 21.6. The molecule has 0 aliphatic carbocycles. The first-order chi connectivity index (χ1) is 10.3. The SMILES string of the molecule is O=C(O)C1=CCC(c2ccccc2)NC1c1ccccc1. The fraction of sp³-hybridized carbons (Fsp3) is 0.167. The summed E-state index contributed by atoms with van der Waals surface area (Å²) >= 11 is 0. The summed E-state index contributed by atoms with van der Waals surface area (Å²) in [4.78, 5) is 11.5. The maximum atomic E-state index is 11.5. The van der Waals surface area contributed by atoms with Crippen molar-refractivity contribution in [3.05, 3.63) is 83.4 Å². The van der Waals surface area contributed by atoms with Crippen molar-refractivity contribution in [1.82, 2.24) is 5.32 Å². The number of hydrogen-bond acceptors (Lipinski definition) is 2. The summed E-state index contributed by atoms with van der Waals surface area (Å²) in [5.41, 5.74) is 2.58. The first-order valence-electron chi connectivity index (χ1n) is 7.05. The van der Waals surface area contributed by atoms with Crippen LogP contribution < -0.4 is 5.32 Å². The van der Waals surface area contributed by atoms with Crippen LogP contribution in [0.3, 0.4) is 0 Å². The standard InChI is InChI=1S/C18H17NO2/c20-18(21)15-11-12-16(13-7-3-1-4-8-13)19-17(15)14-9-5-2-6-10-14/h1-11,16-17,19H,12H2,(H,20,21). The molecule has 0 saturated heterocycles. The average molecular weight is 279 g/mol. The molecule has 0 radical (unpaired) electrons. The Morgan fingerprint density at radius 1 is 0.952 bits per heavy atom. The zero-order chi connectivity index (χ0) is 14.7. The minimum absolute atomic E-state index is 0.138.